The molecule has 1 aromatic carbocycles. The van der Waals surface area contributed by atoms with Gasteiger partial charge in [0.1, 0.15) is 11.6 Å². The van der Waals surface area contributed by atoms with E-state index in [2.05, 4.69) is 39.7 Å². The maximum atomic E-state index is 5.45. The van der Waals surface area contributed by atoms with Crippen molar-refractivity contribution in [3.05, 3.63) is 53.5 Å². The van der Waals surface area contributed by atoms with Gasteiger partial charge in [0.25, 0.3) is 0 Å². The standard InChI is InChI=1S/C14H16N4/c1-10-9-12(18-15)17-13(16-10)14(7-8-14)11-5-3-2-4-6-11/h2-6,9H,7-8,15H2,1H3,(H,16,17,18). The van der Waals surface area contributed by atoms with Crippen LogP contribution < -0.4 is 11.3 Å². The summed E-state index contributed by atoms with van der Waals surface area (Å²) in [6.07, 6.45) is 2.20. The van der Waals surface area contributed by atoms with Crippen molar-refractivity contribution in [2.24, 2.45) is 5.84 Å². The first-order valence-electron chi connectivity index (χ1n) is 6.13. The molecule has 92 valence electrons. The normalized spacial score (nSPS) is 16.3. The summed E-state index contributed by atoms with van der Waals surface area (Å²) in [6.45, 7) is 1.97. The molecule has 0 amide bonds. The highest BCUT2D eigenvalue weighted by atomic mass is 15.3. The van der Waals surface area contributed by atoms with Crippen molar-refractivity contribution in [1.29, 1.82) is 0 Å². The van der Waals surface area contributed by atoms with E-state index in [-0.39, 0.29) is 5.41 Å². The second-order valence-electron chi connectivity index (χ2n) is 4.81. The maximum absolute atomic E-state index is 5.45. The number of hydrazine groups is 1. The highest BCUT2D eigenvalue weighted by Crippen LogP contribution is 2.52. The van der Waals surface area contributed by atoms with Crippen LogP contribution in [0.2, 0.25) is 0 Å². The molecule has 18 heavy (non-hydrogen) atoms. The summed E-state index contributed by atoms with van der Waals surface area (Å²) >= 11 is 0. The first-order chi connectivity index (χ1) is 8.74. The fourth-order valence-electron chi connectivity index (χ4n) is 2.38. The molecule has 0 saturated heterocycles. The van der Waals surface area contributed by atoms with Crippen LogP contribution in [0.15, 0.2) is 36.4 Å². The first-order valence-corrected chi connectivity index (χ1v) is 6.13. The number of aromatic nitrogens is 2. The Morgan fingerprint density at radius 1 is 1.17 bits per heavy atom. The second kappa shape index (κ2) is 4.07. The zero-order valence-electron chi connectivity index (χ0n) is 10.4. The molecule has 0 radical (unpaired) electrons. The van der Waals surface area contributed by atoms with E-state index in [9.17, 15) is 0 Å². The number of nitrogens with two attached hydrogens (primary N) is 1. The Hall–Kier alpha value is -1.94. The number of nitrogen functional groups attached to an aromatic ring is 1. The molecule has 1 saturated carbocycles. The molecule has 1 fully saturated rings. The summed E-state index contributed by atoms with van der Waals surface area (Å²) in [4.78, 5) is 9.10. The molecule has 4 nitrogen and oxygen atoms in total. The maximum Gasteiger partial charge on any atom is 0.143 e. The lowest BCUT2D eigenvalue weighted by Crippen LogP contribution is -2.17. The minimum Gasteiger partial charge on any atom is -0.308 e. The number of benzene rings is 1. The van der Waals surface area contributed by atoms with E-state index in [1.165, 1.54) is 5.56 Å². The van der Waals surface area contributed by atoms with Crippen LogP contribution in [0.1, 0.15) is 29.9 Å². The number of rotatable bonds is 3. The zero-order valence-corrected chi connectivity index (χ0v) is 10.4. The summed E-state index contributed by atoms with van der Waals surface area (Å²) < 4.78 is 0. The molecule has 4 heteroatoms. The summed E-state index contributed by atoms with van der Waals surface area (Å²) in [5.41, 5.74) is 4.84. The highest BCUT2D eigenvalue weighted by molar-refractivity contribution is 5.43. The van der Waals surface area contributed by atoms with Gasteiger partial charge in [0.2, 0.25) is 0 Å². The van der Waals surface area contributed by atoms with E-state index in [1.807, 2.05) is 19.1 Å². The van der Waals surface area contributed by atoms with Crippen LogP contribution in [-0.2, 0) is 5.41 Å². The van der Waals surface area contributed by atoms with Gasteiger partial charge in [-0.2, -0.15) is 0 Å². The van der Waals surface area contributed by atoms with E-state index in [4.69, 9.17) is 5.84 Å². The number of nitrogens with one attached hydrogen (secondary N) is 1. The SMILES string of the molecule is Cc1cc(NN)nc(C2(c3ccccc3)CC2)n1. The summed E-state index contributed by atoms with van der Waals surface area (Å²) in [5.74, 6) is 7.01. The van der Waals surface area contributed by atoms with E-state index < -0.39 is 0 Å². The Balaban J connectivity index is 2.07. The van der Waals surface area contributed by atoms with Crippen LogP contribution in [0, 0.1) is 6.92 Å². The van der Waals surface area contributed by atoms with Crippen LogP contribution in [-0.4, -0.2) is 9.97 Å². The molecule has 0 spiro atoms. The van der Waals surface area contributed by atoms with Gasteiger partial charge >= 0.3 is 0 Å². The number of hydrogen-bond donors (Lipinski definition) is 2. The van der Waals surface area contributed by atoms with E-state index in [0.717, 1.165) is 24.4 Å². The van der Waals surface area contributed by atoms with Gasteiger partial charge in [0.05, 0.1) is 5.41 Å². The third-order valence-electron chi connectivity index (χ3n) is 3.51. The molecule has 1 heterocycles. The topological polar surface area (TPSA) is 63.8 Å². The molecule has 0 atom stereocenters. The lowest BCUT2D eigenvalue weighted by atomic mass is 9.95. The van der Waals surface area contributed by atoms with Crippen molar-refractivity contribution in [2.45, 2.75) is 25.2 Å². The molecule has 1 aliphatic rings. The van der Waals surface area contributed by atoms with Crippen molar-refractivity contribution >= 4 is 5.82 Å². The van der Waals surface area contributed by atoms with Gasteiger partial charge in [-0.3, -0.25) is 0 Å². The largest absolute Gasteiger partial charge is 0.308 e. The van der Waals surface area contributed by atoms with Gasteiger partial charge < -0.3 is 5.43 Å². The lowest BCUT2D eigenvalue weighted by molar-refractivity contribution is 0.748. The van der Waals surface area contributed by atoms with Gasteiger partial charge in [-0.05, 0) is 25.3 Å². The summed E-state index contributed by atoms with van der Waals surface area (Å²) in [7, 11) is 0. The lowest BCUT2D eigenvalue weighted by Gasteiger charge is -2.15. The van der Waals surface area contributed by atoms with Crippen molar-refractivity contribution in [3.8, 4) is 0 Å². The van der Waals surface area contributed by atoms with Gasteiger partial charge in [0, 0.05) is 11.8 Å². The number of aryl methyl sites for hydroxylation is 1. The van der Waals surface area contributed by atoms with Crippen molar-refractivity contribution in [1.82, 2.24) is 9.97 Å². The highest BCUT2D eigenvalue weighted by Gasteiger charge is 2.48. The zero-order chi connectivity index (χ0) is 12.6. The van der Waals surface area contributed by atoms with Crippen molar-refractivity contribution < 1.29 is 0 Å². The predicted octanol–water partition coefficient (Wildman–Crippen LogP) is 2.15. The smallest absolute Gasteiger partial charge is 0.143 e. The third-order valence-corrected chi connectivity index (χ3v) is 3.51. The minimum atomic E-state index is -0.00111. The molecule has 0 unspecified atom stereocenters. The second-order valence-corrected chi connectivity index (χ2v) is 4.81. The molecule has 3 N–H and O–H groups in total. The van der Waals surface area contributed by atoms with Crippen molar-refractivity contribution in [2.75, 3.05) is 5.43 Å². The third kappa shape index (κ3) is 1.75. The van der Waals surface area contributed by atoms with E-state index in [0.29, 0.717) is 5.82 Å². The van der Waals surface area contributed by atoms with Crippen molar-refractivity contribution in [3.63, 3.8) is 0 Å². The Kier molecular flexibility index (Phi) is 2.52. The van der Waals surface area contributed by atoms with Gasteiger partial charge in [-0.1, -0.05) is 30.3 Å². The van der Waals surface area contributed by atoms with Crippen LogP contribution in [0.25, 0.3) is 0 Å². The molecule has 1 aliphatic carbocycles. The Morgan fingerprint density at radius 3 is 2.50 bits per heavy atom. The number of hydrogen-bond acceptors (Lipinski definition) is 4. The van der Waals surface area contributed by atoms with Crippen LogP contribution in [0.3, 0.4) is 0 Å². The molecule has 1 aromatic heterocycles. The molecular formula is C14H16N4. The van der Waals surface area contributed by atoms with Gasteiger partial charge in [0.15, 0.2) is 0 Å². The van der Waals surface area contributed by atoms with Crippen LogP contribution >= 0.6 is 0 Å². The molecular weight excluding hydrogens is 224 g/mol. The fourth-order valence-corrected chi connectivity index (χ4v) is 2.38. The van der Waals surface area contributed by atoms with Gasteiger partial charge in [-0.25, -0.2) is 15.8 Å². The predicted molar refractivity (Wildman–Crippen MR) is 71.0 cm³/mol. The summed E-state index contributed by atoms with van der Waals surface area (Å²) in [5, 5.41) is 0. The molecule has 3 rings (SSSR count). The fraction of sp³-hybridized carbons (Fsp3) is 0.286. The Labute approximate surface area is 106 Å². The average molecular weight is 240 g/mol. The number of nitrogens with zero attached hydrogens (tertiary/aromatic N) is 2. The molecule has 0 bridgehead atoms. The van der Waals surface area contributed by atoms with Crippen LogP contribution in [0.4, 0.5) is 5.82 Å². The van der Waals surface area contributed by atoms with Crippen LogP contribution in [0.5, 0.6) is 0 Å². The minimum absolute atomic E-state index is 0.00111. The van der Waals surface area contributed by atoms with E-state index >= 15 is 0 Å². The Morgan fingerprint density at radius 2 is 1.89 bits per heavy atom. The molecule has 2 aromatic rings. The quantitative estimate of drug-likeness (QED) is 0.637. The van der Waals surface area contributed by atoms with Gasteiger partial charge in [-0.15, -0.1) is 0 Å². The number of anilines is 1. The average Bonchev–Trinajstić information content (AvgIpc) is 3.20. The monoisotopic (exact) mass is 240 g/mol. The molecule has 0 aliphatic heterocycles. The van der Waals surface area contributed by atoms with E-state index in [1.54, 1.807) is 0 Å². The Bertz CT molecular complexity index is 561. The summed E-state index contributed by atoms with van der Waals surface area (Å²) in [6, 6.07) is 12.3. The first kappa shape index (κ1) is 11.2.